The van der Waals surface area contributed by atoms with Crippen molar-refractivity contribution in [3.05, 3.63) is 29.8 Å². The van der Waals surface area contributed by atoms with E-state index in [2.05, 4.69) is 17.1 Å². The highest BCUT2D eigenvalue weighted by molar-refractivity contribution is 8.00. The van der Waals surface area contributed by atoms with Gasteiger partial charge in [0.1, 0.15) is 0 Å². The molecule has 132 valence electrons. The molecular weight excluding hydrogens is 322 g/mol. The van der Waals surface area contributed by atoms with Gasteiger partial charge in [-0.1, -0.05) is 25.5 Å². The molecule has 2 amide bonds. The lowest BCUT2D eigenvalue weighted by molar-refractivity contribution is -0.117. The number of carbonyl (C=O) groups is 2. The van der Waals surface area contributed by atoms with Crippen LogP contribution in [0.15, 0.2) is 29.2 Å². The highest BCUT2D eigenvalue weighted by atomic mass is 32.2. The number of thioether (sulfide) groups is 1. The van der Waals surface area contributed by atoms with Crippen LogP contribution in [-0.2, 0) is 4.79 Å². The minimum Gasteiger partial charge on any atom is -0.369 e. The lowest BCUT2D eigenvalue weighted by Gasteiger charge is -2.34. The quantitative estimate of drug-likeness (QED) is 0.741. The number of carbonyl (C=O) groups excluding carboxylic acids is 2. The molecule has 0 spiro atoms. The van der Waals surface area contributed by atoms with Crippen molar-refractivity contribution in [2.45, 2.75) is 49.3 Å². The minimum atomic E-state index is -0.379. The van der Waals surface area contributed by atoms with Crippen LogP contribution in [0.1, 0.15) is 43.5 Å². The van der Waals surface area contributed by atoms with Crippen LogP contribution >= 0.6 is 11.8 Å². The third-order valence-corrected chi connectivity index (χ3v) is 5.69. The van der Waals surface area contributed by atoms with Crippen molar-refractivity contribution in [1.82, 2.24) is 10.2 Å². The zero-order chi connectivity index (χ0) is 17.5. The zero-order valence-electron chi connectivity index (χ0n) is 14.5. The average molecular weight is 350 g/mol. The highest BCUT2D eigenvalue weighted by Gasteiger charge is 2.22. The molecule has 2 rings (SSSR count). The SMILES string of the molecule is CCN1CCCCC1CNC(=O)c1ccccc1SC(C)C(N)=O. The van der Waals surface area contributed by atoms with E-state index >= 15 is 0 Å². The van der Waals surface area contributed by atoms with E-state index in [4.69, 9.17) is 5.73 Å². The third-order valence-electron chi connectivity index (χ3n) is 4.49. The number of nitrogens with one attached hydrogen (secondary N) is 1. The molecule has 2 unspecified atom stereocenters. The number of benzene rings is 1. The fourth-order valence-electron chi connectivity index (χ4n) is 3.02. The lowest BCUT2D eigenvalue weighted by atomic mass is 10.0. The monoisotopic (exact) mass is 349 g/mol. The Morgan fingerprint density at radius 3 is 2.83 bits per heavy atom. The van der Waals surface area contributed by atoms with Gasteiger partial charge in [-0.05, 0) is 45.0 Å². The molecule has 0 saturated carbocycles. The largest absolute Gasteiger partial charge is 0.369 e. The molecule has 3 N–H and O–H groups in total. The van der Waals surface area contributed by atoms with E-state index in [0.29, 0.717) is 18.2 Å². The maximum atomic E-state index is 12.6. The number of likely N-dealkylation sites (tertiary alicyclic amines) is 1. The maximum absolute atomic E-state index is 12.6. The Hall–Kier alpha value is -1.53. The summed E-state index contributed by atoms with van der Waals surface area (Å²) in [6.07, 6.45) is 3.59. The summed E-state index contributed by atoms with van der Waals surface area (Å²) in [5, 5.41) is 2.70. The number of piperidine rings is 1. The first kappa shape index (κ1) is 18.8. The Morgan fingerprint density at radius 1 is 1.38 bits per heavy atom. The molecule has 2 atom stereocenters. The molecule has 1 aromatic carbocycles. The summed E-state index contributed by atoms with van der Waals surface area (Å²) in [5.41, 5.74) is 5.94. The summed E-state index contributed by atoms with van der Waals surface area (Å²) in [7, 11) is 0. The number of primary amides is 1. The summed E-state index contributed by atoms with van der Waals surface area (Å²) in [6.45, 7) is 6.71. The molecule has 0 bridgehead atoms. The minimum absolute atomic E-state index is 0.0867. The van der Waals surface area contributed by atoms with Crippen LogP contribution in [0.4, 0.5) is 0 Å². The number of nitrogens with zero attached hydrogens (tertiary/aromatic N) is 1. The number of likely N-dealkylation sites (N-methyl/N-ethyl adjacent to an activating group) is 1. The second kappa shape index (κ2) is 9.08. The molecule has 1 aromatic rings. The second-order valence-corrected chi connectivity index (χ2v) is 7.53. The van der Waals surface area contributed by atoms with Crippen LogP contribution in [-0.4, -0.2) is 47.6 Å². The first-order valence-corrected chi connectivity index (χ1v) is 9.48. The number of hydrogen-bond acceptors (Lipinski definition) is 4. The van der Waals surface area contributed by atoms with E-state index in [1.807, 2.05) is 18.2 Å². The van der Waals surface area contributed by atoms with Gasteiger partial charge in [-0.25, -0.2) is 0 Å². The standard InChI is InChI=1S/C18H27N3O2S/c1-3-21-11-7-6-8-14(21)12-20-18(23)15-9-4-5-10-16(15)24-13(2)17(19)22/h4-5,9-10,13-14H,3,6-8,11-12H2,1-2H3,(H2,19,22)(H,20,23). The van der Waals surface area contributed by atoms with E-state index in [0.717, 1.165) is 24.4 Å². The van der Waals surface area contributed by atoms with E-state index in [1.165, 1.54) is 24.6 Å². The second-order valence-electron chi connectivity index (χ2n) is 6.15. The topological polar surface area (TPSA) is 75.4 Å². The molecule has 6 heteroatoms. The first-order chi connectivity index (χ1) is 11.5. The van der Waals surface area contributed by atoms with Crippen LogP contribution in [0.25, 0.3) is 0 Å². The molecule has 24 heavy (non-hydrogen) atoms. The zero-order valence-corrected chi connectivity index (χ0v) is 15.3. The fraction of sp³-hybridized carbons (Fsp3) is 0.556. The predicted octanol–water partition coefficient (Wildman–Crippen LogP) is 2.26. The van der Waals surface area contributed by atoms with Crippen molar-refractivity contribution in [2.24, 2.45) is 5.73 Å². The molecule has 1 fully saturated rings. The number of rotatable bonds is 7. The van der Waals surface area contributed by atoms with Crippen molar-refractivity contribution in [1.29, 1.82) is 0 Å². The molecule has 0 radical (unpaired) electrons. The van der Waals surface area contributed by atoms with Crippen LogP contribution in [0.2, 0.25) is 0 Å². The highest BCUT2D eigenvalue weighted by Crippen LogP contribution is 2.26. The summed E-state index contributed by atoms with van der Waals surface area (Å²) >= 11 is 1.33. The van der Waals surface area contributed by atoms with Crippen LogP contribution in [0, 0.1) is 0 Å². The number of amides is 2. The van der Waals surface area contributed by atoms with Gasteiger partial charge in [0.25, 0.3) is 5.91 Å². The molecule has 1 aliphatic rings. The Kier molecular flexibility index (Phi) is 7.12. The van der Waals surface area contributed by atoms with Crippen molar-refractivity contribution < 1.29 is 9.59 Å². The molecule has 1 aliphatic heterocycles. The van der Waals surface area contributed by atoms with Crippen molar-refractivity contribution in [3.63, 3.8) is 0 Å². The lowest BCUT2D eigenvalue weighted by Crippen LogP contribution is -2.46. The van der Waals surface area contributed by atoms with E-state index in [1.54, 1.807) is 13.0 Å². The van der Waals surface area contributed by atoms with Gasteiger partial charge in [-0.3, -0.25) is 14.5 Å². The summed E-state index contributed by atoms with van der Waals surface area (Å²) in [6, 6.07) is 7.78. The van der Waals surface area contributed by atoms with Gasteiger partial charge < -0.3 is 11.1 Å². The van der Waals surface area contributed by atoms with E-state index in [-0.39, 0.29) is 17.1 Å². The van der Waals surface area contributed by atoms with Gasteiger partial charge in [-0.15, -0.1) is 11.8 Å². The van der Waals surface area contributed by atoms with Gasteiger partial charge in [0.15, 0.2) is 0 Å². The summed E-state index contributed by atoms with van der Waals surface area (Å²) in [4.78, 5) is 27.1. The van der Waals surface area contributed by atoms with Crippen LogP contribution in [0.5, 0.6) is 0 Å². The van der Waals surface area contributed by atoms with Gasteiger partial charge in [0.05, 0.1) is 10.8 Å². The third kappa shape index (κ3) is 4.98. The normalized spacial score (nSPS) is 19.7. The molecule has 0 aliphatic carbocycles. The molecule has 5 nitrogen and oxygen atoms in total. The molecule has 1 heterocycles. The summed E-state index contributed by atoms with van der Waals surface area (Å²) < 4.78 is 0. The maximum Gasteiger partial charge on any atom is 0.252 e. The average Bonchev–Trinajstić information content (AvgIpc) is 2.60. The van der Waals surface area contributed by atoms with Crippen molar-refractivity contribution >= 4 is 23.6 Å². The van der Waals surface area contributed by atoms with Crippen LogP contribution < -0.4 is 11.1 Å². The van der Waals surface area contributed by atoms with Gasteiger partial charge in [0, 0.05) is 17.5 Å². The Balaban J connectivity index is 2.00. The number of nitrogens with two attached hydrogens (primary N) is 1. The molecule has 0 aromatic heterocycles. The molecular formula is C18H27N3O2S. The van der Waals surface area contributed by atoms with E-state index in [9.17, 15) is 9.59 Å². The Labute approximate surface area is 148 Å². The Bertz CT molecular complexity index is 579. The van der Waals surface area contributed by atoms with Crippen molar-refractivity contribution in [2.75, 3.05) is 19.6 Å². The van der Waals surface area contributed by atoms with Gasteiger partial charge >= 0.3 is 0 Å². The summed E-state index contributed by atoms with van der Waals surface area (Å²) in [5.74, 6) is -0.465. The van der Waals surface area contributed by atoms with Crippen molar-refractivity contribution in [3.8, 4) is 0 Å². The predicted molar refractivity (Wildman–Crippen MR) is 98.2 cm³/mol. The smallest absolute Gasteiger partial charge is 0.252 e. The molecule has 1 saturated heterocycles. The van der Waals surface area contributed by atoms with Gasteiger partial charge in [0.2, 0.25) is 5.91 Å². The van der Waals surface area contributed by atoms with Gasteiger partial charge in [-0.2, -0.15) is 0 Å². The number of hydrogen-bond donors (Lipinski definition) is 2. The fourth-order valence-corrected chi connectivity index (χ4v) is 3.96. The first-order valence-electron chi connectivity index (χ1n) is 8.60. The van der Waals surface area contributed by atoms with Crippen LogP contribution in [0.3, 0.4) is 0 Å². The Morgan fingerprint density at radius 2 is 2.12 bits per heavy atom. The van der Waals surface area contributed by atoms with E-state index < -0.39 is 0 Å².